The van der Waals surface area contributed by atoms with E-state index in [2.05, 4.69) is 21.9 Å². The number of likely N-dealkylation sites (N-methyl/N-ethyl adjacent to an activating group) is 1. The number of para-hydroxylation sites is 1. The highest BCUT2D eigenvalue weighted by Gasteiger charge is 2.30. The van der Waals surface area contributed by atoms with Crippen LogP contribution in [0.1, 0.15) is 5.56 Å². The van der Waals surface area contributed by atoms with E-state index in [0.29, 0.717) is 26.3 Å². The van der Waals surface area contributed by atoms with Crippen molar-refractivity contribution in [2.24, 2.45) is 0 Å². The van der Waals surface area contributed by atoms with Crippen molar-refractivity contribution in [1.29, 1.82) is 0 Å². The molecule has 0 bridgehead atoms. The van der Waals surface area contributed by atoms with Crippen LogP contribution in [0.5, 0.6) is 0 Å². The van der Waals surface area contributed by atoms with Crippen LogP contribution in [0.15, 0.2) is 64.4 Å². The summed E-state index contributed by atoms with van der Waals surface area (Å²) >= 11 is 6.46. The maximum atomic E-state index is 13.4. The first-order chi connectivity index (χ1) is 15.5. The number of pyridine rings is 1. The van der Waals surface area contributed by atoms with E-state index >= 15 is 0 Å². The average molecular weight is 464 g/mol. The van der Waals surface area contributed by atoms with Crippen molar-refractivity contribution in [3.63, 3.8) is 0 Å². The number of thioether (sulfide) groups is 1. The molecule has 2 aromatic heterocycles. The Morgan fingerprint density at radius 1 is 0.969 bits per heavy atom. The van der Waals surface area contributed by atoms with Crippen molar-refractivity contribution in [2.45, 2.75) is 0 Å². The van der Waals surface area contributed by atoms with Crippen LogP contribution in [0, 0.1) is 0 Å². The van der Waals surface area contributed by atoms with E-state index in [1.807, 2.05) is 30.3 Å². The van der Waals surface area contributed by atoms with E-state index in [1.165, 1.54) is 26.7 Å². The molecule has 0 spiro atoms. The van der Waals surface area contributed by atoms with Crippen LogP contribution in [0.25, 0.3) is 11.7 Å². The van der Waals surface area contributed by atoms with Gasteiger partial charge in [-0.2, -0.15) is 0 Å². The molecule has 2 aliphatic heterocycles. The highest BCUT2D eigenvalue weighted by atomic mass is 32.2. The van der Waals surface area contributed by atoms with Crippen molar-refractivity contribution in [3.05, 3.63) is 75.6 Å². The summed E-state index contributed by atoms with van der Waals surface area (Å²) < 4.78 is 2.00. The van der Waals surface area contributed by atoms with Gasteiger partial charge in [0.25, 0.3) is 11.5 Å². The third kappa shape index (κ3) is 3.67. The van der Waals surface area contributed by atoms with Crippen molar-refractivity contribution >= 4 is 57.4 Å². The summed E-state index contributed by atoms with van der Waals surface area (Å²) in [6.07, 6.45) is 3.35. The first-order valence-corrected chi connectivity index (χ1v) is 11.5. The van der Waals surface area contributed by atoms with Crippen LogP contribution >= 0.6 is 24.0 Å². The van der Waals surface area contributed by atoms with E-state index in [0.717, 1.165) is 26.2 Å². The second-order valence-electron chi connectivity index (χ2n) is 7.63. The smallest absolute Gasteiger partial charge is 0.267 e. The predicted molar refractivity (Wildman–Crippen MR) is 133 cm³/mol. The Bertz CT molecular complexity index is 1300. The first-order valence-electron chi connectivity index (χ1n) is 10.3. The molecule has 5 rings (SSSR count). The number of hydrogen-bond acceptors (Lipinski definition) is 7. The van der Waals surface area contributed by atoms with Gasteiger partial charge >= 0.3 is 0 Å². The van der Waals surface area contributed by atoms with Gasteiger partial charge in [-0.25, -0.2) is 4.98 Å². The lowest BCUT2D eigenvalue weighted by Crippen LogP contribution is -2.47. The summed E-state index contributed by atoms with van der Waals surface area (Å²) in [6.45, 7) is 3.08. The molecule has 0 saturated carbocycles. The zero-order valence-corrected chi connectivity index (χ0v) is 19.1. The Morgan fingerprint density at radius 2 is 1.66 bits per heavy atom. The lowest BCUT2D eigenvalue weighted by atomic mass is 10.2. The number of carbonyl (C=O) groups excluding carboxylic acids is 1. The third-order valence-electron chi connectivity index (χ3n) is 5.71. The van der Waals surface area contributed by atoms with Gasteiger partial charge in [-0.05, 0) is 30.3 Å². The van der Waals surface area contributed by atoms with E-state index < -0.39 is 0 Å². The summed E-state index contributed by atoms with van der Waals surface area (Å²) in [5.74, 6) is 0.410. The molecular formula is C23H21N5O2S2. The molecule has 0 atom stereocenters. The number of aromatic nitrogens is 2. The maximum absolute atomic E-state index is 13.4. The molecule has 2 aliphatic rings. The minimum atomic E-state index is -0.197. The van der Waals surface area contributed by atoms with Crippen LogP contribution in [0.3, 0.4) is 0 Å². The van der Waals surface area contributed by atoms with Crippen molar-refractivity contribution in [1.82, 2.24) is 14.3 Å². The largest absolute Gasteiger partial charge is 0.368 e. The second kappa shape index (κ2) is 8.40. The summed E-state index contributed by atoms with van der Waals surface area (Å²) in [6, 6.07) is 15.8. The summed E-state index contributed by atoms with van der Waals surface area (Å²) in [5.41, 5.74) is 1.98. The molecule has 1 aromatic carbocycles. The number of benzene rings is 1. The van der Waals surface area contributed by atoms with Crippen LogP contribution < -0.4 is 15.4 Å². The van der Waals surface area contributed by atoms with Crippen LogP contribution in [0.4, 0.5) is 11.5 Å². The summed E-state index contributed by atoms with van der Waals surface area (Å²) in [7, 11) is 1.65. The van der Waals surface area contributed by atoms with E-state index in [-0.39, 0.29) is 11.5 Å². The van der Waals surface area contributed by atoms with Crippen LogP contribution in [0.2, 0.25) is 0 Å². The standard InChI is InChI=1S/C23H21N5O2S2/c1-25-22(30)18(32-23(25)31)15-17-20(24-19-9-5-6-10-28(19)21(17)29)27-13-11-26(12-14-27)16-7-3-2-4-8-16/h2-10,15H,11-14H2,1H3. The van der Waals surface area contributed by atoms with Crippen molar-refractivity contribution in [2.75, 3.05) is 43.0 Å². The fourth-order valence-corrected chi connectivity index (χ4v) is 5.11. The lowest BCUT2D eigenvalue weighted by Gasteiger charge is -2.37. The van der Waals surface area contributed by atoms with E-state index in [4.69, 9.17) is 17.2 Å². The minimum absolute atomic E-state index is 0.197. The number of amides is 1. The number of thiocarbonyl (C=S) groups is 1. The Kier molecular flexibility index (Phi) is 5.44. The quantitative estimate of drug-likeness (QED) is 0.437. The molecule has 162 valence electrons. The Labute approximate surface area is 195 Å². The van der Waals surface area contributed by atoms with Gasteiger partial charge in [0.2, 0.25) is 0 Å². The topological polar surface area (TPSA) is 61.2 Å². The number of anilines is 2. The summed E-state index contributed by atoms with van der Waals surface area (Å²) in [4.78, 5) is 37.1. The fourth-order valence-electron chi connectivity index (χ4n) is 3.95. The monoisotopic (exact) mass is 463 g/mol. The number of carbonyl (C=O) groups is 1. The van der Waals surface area contributed by atoms with Crippen molar-refractivity contribution < 1.29 is 4.79 Å². The van der Waals surface area contributed by atoms with Gasteiger partial charge < -0.3 is 9.80 Å². The number of hydrogen-bond donors (Lipinski definition) is 0. The maximum Gasteiger partial charge on any atom is 0.267 e. The molecule has 0 N–H and O–H groups in total. The number of nitrogens with zero attached hydrogens (tertiary/aromatic N) is 5. The molecule has 4 heterocycles. The normalized spacial score (nSPS) is 18.3. The van der Waals surface area contributed by atoms with Gasteiger partial charge in [0.1, 0.15) is 15.8 Å². The molecule has 1 amide bonds. The SMILES string of the molecule is CN1C(=O)C(=Cc2c(N3CCN(c4ccccc4)CC3)nc3ccccn3c2=O)SC1=S. The van der Waals surface area contributed by atoms with Crippen LogP contribution in [-0.4, -0.2) is 57.7 Å². The predicted octanol–water partition coefficient (Wildman–Crippen LogP) is 2.85. The lowest BCUT2D eigenvalue weighted by molar-refractivity contribution is -0.121. The molecule has 0 radical (unpaired) electrons. The fraction of sp³-hybridized carbons (Fsp3) is 0.217. The summed E-state index contributed by atoms with van der Waals surface area (Å²) in [5, 5.41) is 0. The Hall–Kier alpha value is -3.17. The zero-order valence-electron chi connectivity index (χ0n) is 17.5. The molecule has 0 aliphatic carbocycles. The number of piperazine rings is 1. The zero-order chi connectivity index (χ0) is 22.2. The number of rotatable bonds is 3. The Balaban J connectivity index is 1.54. The first kappa shape index (κ1) is 20.7. The van der Waals surface area contributed by atoms with Gasteiger partial charge in [0.05, 0.1) is 10.5 Å². The van der Waals surface area contributed by atoms with E-state index in [1.54, 1.807) is 25.4 Å². The van der Waals surface area contributed by atoms with Crippen LogP contribution in [-0.2, 0) is 4.79 Å². The van der Waals surface area contributed by atoms with E-state index in [9.17, 15) is 9.59 Å². The van der Waals surface area contributed by atoms with Gasteiger partial charge in [0.15, 0.2) is 0 Å². The van der Waals surface area contributed by atoms with Gasteiger partial charge in [-0.1, -0.05) is 48.2 Å². The average Bonchev–Trinajstić information content (AvgIpc) is 3.08. The molecule has 3 aromatic rings. The molecule has 2 fully saturated rings. The molecule has 2 saturated heterocycles. The molecule has 32 heavy (non-hydrogen) atoms. The van der Waals surface area contributed by atoms with Crippen molar-refractivity contribution in [3.8, 4) is 0 Å². The number of fused-ring (bicyclic) bond motifs is 1. The third-order valence-corrected chi connectivity index (χ3v) is 7.20. The minimum Gasteiger partial charge on any atom is -0.368 e. The van der Waals surface area contributed by atoms with Gasteiger partial charge in [0, 0.05) is 45.1 Å². The highest BCUT2D eigenvalue weighted by Crippen LogP contribution is 2.32. The van der Waals surface area contributed by atoms with Gasteiger partial charge in [-0.3, -0.25) is 18.9 Å². The highest BCUT2D eigenvalue weighted by molar-refractivity contribution is 8.26. The second-order valence-corrected chi connectivity index (χ2v) is 9.31. The molecule has 9 heteroatoms. The molecule has 0 unspecified atom stereocenters. The molecular weight excluding hydrogens is 442 g/mol. The Morgan fingerprint density at radius 3 is 2.34 bits per heavy atom. The van der Waals surface area contributed by atoms with Gasteiger partial charge in [-0.15, -0.1) is 0 Å². The molecule has 7 nitrogen and oxygen atoms in total.